The molecule has 1 heterocycles. The zero-order valence-electron chi connectivity index (χ0n) is 17.5. The molecule has 1 aliphatic heterocycles. The first kappa shape index (κ1) is 23.3. The average Bonchev–Trinajstić information content (AvgIpc) is 2.92. The zero-order chi connectivity index (χ0) is 22.0. The lowest BCUT2D eigenvalue weighted by Gasteiger charge is -2.26. The second-order valence-electron chi connectivity index (χ2n) is 8.32. The van der Waals surface area contributed by atoms with Gasteiger partial charge in [-0.1, -0.05) is 17.7 Å². The lowest BCUT2D eigenvalue weighted by molar-refractivity contribution is -0.159. The molecule has 162 valence electrons. The summed E-state index contributed by atoms with van der Waals surface area (Å²) in [7, 11) is -4.10. The maximum Gasteiger partial charge on any atom is 0.325 e. The van der Waals surface area contributed by atoms with Crippen LogP contribution in [0.5, 0.6) is 0 Å². The first-order chi connectivity index (χ1) is 13.3. The smallest absolute Gasteiger partial charge is 0.325 e. The Morgan fingerprint density at radius 1 is 1.24 bits per heavy atom. The Morgan fingerprint density at radius 2 is 1.83 bits per heavy atom. The largest absolute Gasteiger partial charge is 0.466 e. The Kier molecular flexibility index (Phi) is 6.76. The van der Waals surface area contributed by atoms with Crippen molar-refractivity contribution in [3.05, 3.63) is 29.8 Å². The lowest BCUT2D eigenvalue weighted by Crippen LogP contribution is -2.43. The van der Waals surface area contributed by atoms with Crippen molar-refractivity contribution in [2.75, 3.05) is 13.2 Å². The number of β-amino-alcohol motifs (C(OH)–C–C–N with tert-alkyl or cyclic N) is 1. The van der Waals surface area contributed by atoms with Crippen LogP contribution in [0.1, 0.15) is 46.1 Å². The zero-order valence-corrected chi connectivity index (χ0v) is 18.3. The van der Waals surface area contributed by atoms with Crippen LogP contribution in [0.4, 0.5) is 0 Å². The summed E-state index contributed by atoms with van der Waals surface area (Å²) in [6.45, 7) is 8.19. The minimum atomic E-state index is -4.10. The van der Waals surface area contributed by atoms with Crippen molar-refractivity contribution < 1.29 is 32.6 Å². The molecular formula is C20H29NO7S. The highest BCUT2D eigenvalue weighted by molar-refractivity contribution is 7.89. The number of aryl methyl sites for hydroxylation is 1. The molecule has 2 atom stereocenters. The van der Waals surface area contributed by atoms with Crippen LogP contribution < -0.4 is 0 Å². The topological polar surface area (TPSA) is 110 Å². The van der Waals surface area contributed by atoms with Gasteiger partial charge in [0.1, 0.15) is 11.6 Å². The number of aliphatic hydroxyl groups is 1. The predicted molar refractivity (Wildman–Crippen MR) is 106 cm³/mol. The summed E-state index contributed by atoms with van der Waals surface area (Å²) < 4.78 is 37.6. The molecule has 0 aliphatic carbocycles. The van der Waals surface area contributed by atoms with Crippen LogP contribution in [-0.2, 0) is 29.1 Å². The highest BCUT2D eigenvalue weighted by atomic mass is 32.2. The van der Waals surface area contributed by atoms with Crippen LogP contribution >= 0.6 is 0 Å². The molecule has 1 N–H and O–H groups in total. The van der Waals surface area contributed by atoms with Gasteiger partial charge in [-0.2, -0.15) is 4.31 Å². The maximum atomic E-state index is 13.2. The molecule has 1 aliphatic rings. The van der Waals surface area contributed by atoms with Crippen LogP contribution in [0.3, 0.4) is 0 Å². The Morgan fingerprint density at radius 3 is 2.34 bits per heavy atom. The maximum absolute atomic E-state index is 13.2. The second-order valence-corrected chi connectivity index (χ2v) is 10.2. The van der Waals surface area contributed by atoms with Gasteiger partial charge in [-0.3, -0.25) is 9.59 Å². The highest BCUT2D eigenvalue weighted by Gasteiger charge is 2.53. The lowest BCUT2D eigenvalue weighted by atomic mass is 9.96. The molecular weight excluding hydrogens is 398 g/mol. The SMILES string of the molecule is CCOC(=O)C[C@]1(O)C[C@@H](C(=O)OC(C)(C)C)N(S(=O)(=O)c2ccc(C)cc2)C1. The molecule has 0 amide bonds. The number of hydrogen-bond donors (Lipinski definition) is 1. The van der Waals surface area contributed by atoms with Crippen LogP contribution in [-0.4, -0.2) is 60.2 Å². The number of hydrogen-bond acceptors (Lipinski definition) is 7. The molecule has 0 bridgehead atoms. The van der Waals surface area contributed by atoms with Gasteiger partial charge in [-0.25, -0.2) is 8.42 Å². The molecule has 0 unspecified atom stereocenters. The number of esters is 2. The fourth-order valence-electron chi connectivity index (χ4n) is 3.20. The van der Waals surface area contributed by atoms with Crippen LogP contribution in [0.2, 0.25) is 0 Å². The van der Waals surface area contributed by atoms with E-state index in [1.54, 1.807) is 39.8 Å². The van der Waals surface area contributed by atoms with Gasteiger partial charge in [-0.15, -0.1) is 0 Å². The van der Waals surface area contributed by atoms with Gasteiger partial charge in [-0.05, 0) is 46.8 Å². The van der Waals surface area contributed by atoms with Gasteiger partial charge < -0.3 is 14.6 Å². The third-order valence-electron chi connectivity index (χ3n) is 4.46. The Labute approximate surface area is 171 Å². The number of ether oxygens (including phenoxy) is 2. The van der Waals surface area contributed by atoms with Crippen LogP contribution in [0.15, 0.2) is 29.2 Å². The van der Waals surface area contributed by atoms with E-state index in [0.717, 1.165) is 9.87 Å². The van der Waals surface area contributed by atoms with Crippen molar-refractivity contribution in [1.29, 1.82) is 0 Å². The number of benzene rings is 1. The van der Waals surface area contributed by atoms with E-state index in [0.29, 0.717) is 0 Å². The molecule has 8 nitrogen and oxygen atoms in total. The van der Waals surface area contributed by atoms with E-state index >= 15 is 0 Å². The van der Waals surface area contributed by atoms with E-state index in [1.165, 1.54) is 12.1 Å². The minimum absolute atomic E-state index is 0.00274. The Balaban J connectivity index is 2.40. The van der Waals surface area contributed by atoms with Crippen molar-refractivity contribution in [1.82, 2.24) is 4.31 Å². The molecule has 0 saturated carbocycles. The second kappa shape index (κ2) is 8.41. The number of sulfonamides is 1. The summed E-state index contributed by atoms with van der Waals surface area (Å²) in [5.41, 5.74) is -1.68. The van der Waals surface area contributed by atoms with Gasteiger partial charge in [0, 0.05) is 13.0 Å². The molecule has 1 saturated heterocycles. The van der Waals surface area contributed by atoms with E-state index in [9.17, 15) is 23.1 Å². The average molecular weight is 428 g/mol. The number of carbonyl (C=O) groups excluding carboxylic acids is 2. The van der Waals surface area contributed by atoms with Crippen molar-refractivity contribution in [2.24, 2.45) is 0 Å². The quantitative estimate of drug-likeness (QED) is 0.689. The molecule has 1 fully saturated rings. The van der Waals surface area contributed by atoms with Gasteiger partial charge in [0.2, 0.25) is 10.0 Å². The summed E-state index contributed by atoms with van der Waals surface area (Å²) in [4.78, 5) is 24.7. The predicted octanol–water partition coefficient (Wildman–Crippen LogP) is 1.78. The molecule has 0 spiro atoms. The van der Waals surface area contributed by atoms with E-state index in [1.807, 2.05) is 6.92 Å². The summed E-state index contributed by atoms with van der Waals surface area (Å²) in [6, 6.07) is 4.94. The molecule has 2 rings (SSSR count). The highest BCUT2D eigenvalue weighted by Crippen LogP contribution is 2.36. The van der Waals surface area contributed by atoms with Crippen LogP contribution in [0.25, 0.3) is 0 Å². The third kappa shape index (κ3) is 5.77. The molecule has 0 radical (unpaired) electrons. The van der Waals surface area contributed by atoms with Crippen molar-refractivity contribution >= 4 is 22.0 Å². The van der Waals surface area contributed by atoms with Gasteiger partial charge >= 0.3 is 11.9 Å². The standard InChI is InChI=1S/C20H29NO7S/c1-6-27-17(22)12-20(24)11-16(18(23)28-19(3,4)5)21(13-20)29(25,26)15-9-7-14(2)8-10-15/h7-10,16,24H,6,11-13H2,1-5H3/t16-,20+/m0/s1. The minimum Gasteiger partial charge on any atom is -0.466 e. The number of carbonyl (C=O) groups is 2. The molecule has 1 aromatic rings. The van der Waals surface area contributed by atoms with Crippen molar-refractivity contribution in [3.63, 3.8) is 0 Å². The number of rotatable bonds is 6. The van der Waals surface area contributed by atoms with Crippen LogP contribution in [0, 0.1) is 6.92 Å². The van der Waals surface area contributed by atoms with E-state index in [4.69, 9.17) is 9.47 Å². The monoisotopic (exact) mass is 427 g/mol. The Hall–Kier alpha value is -1.97. The molecule has 29 heavy (non-hydrogen) atoms. The molecule has 9 heteroatoms. The first-order valence-electron chi connectivity index (χ1n) is 9.47. The summed E-state index contributed by atoms with van der Waals surface area (Å²) >= 11 is 0. The summed E-state index contributed by atoms with van der Waals surface area (Å²) in [6.07, 6.45) is -0.675. The van der Waals surface area contributed by atoms with Gasteiger partial charge in [0.25, 0.3) is 0 Å². The van der Waals surface area contributed by atoms with E-state index in [2.05, 4.69) is 0 Å². The van der Waals surface area contributed by atoms with Gasteiger partial charge in [0.05, 0.1) is 23.5 Å². The third-order valence-corrected chi connectivity index (χ3v) is 6.33. The summed E-state index contributed by atoms with van der Waals surface area (Å²) in [5.74, 6) is -1.43. The molecule has 1 aromatic carbocycles. The van der Waals surface area contributed by atoms with Crippen molar-refractivity contribution in [3.8, 4) is 0 Å². The fraction of sp³-hybridized carbons (Fsp3) is 0.600. The normalized spacial score (nSPS) is 23.0. The van der Waals surface area contributed by atoms with Gasteiger partial charge in [0.15, 0.2) is 0 Å². The first-order valence-corrected chi connectivity index (χ1v) is 10.9. The van der Waals surface area contributed by atoms with E-state index < -0.39 is 52.2 Å². The van der Waals surface area contributed by atoms with Crippen molar-refractivity contribution in [2.45, 2.75) is 69.6 Å². The Bertz CT molecular complexity index is 858. The number of nitrogens with zero attached hydrogens (tertiary/aromatic N) is 1. The van der Waals surface area contributed by atoms with E-state index in [-0.39, 0.29) is 17.9 Å². The molecule has 0 aromatic heterocycles. The fourth-order valence-corrected chi connectivity index (χ4v) is 4.86. The summed E-state index contributed by atoms with van der Waals surface area (Å²) in [5, 5.41) is 10.9.